The Kier molecular flexibility index (Phi) is 4.94. The first-order chi connectivity index (χ1) is 5.34. The normalized spacial score (nSPS) is 7.91. The number of carbonyl (C=O) groups excluding carboxylic acids is 1. The van der Waals surface area contributed by atoms with Gasteiger partial charge in [-0.15, -0.1) is 0 Å². The van der Waals surface area contributed by atoms with Crippen molar-refractivity contribution in [1.82, 2.24) is 0 Å². The molecule has 0 aliphatic rings. The second kappa shape index (κ2) is 5.56. The van der Waals surface area contributed by atoms with E-state index in [9.17, 15) is 9.18 Å². The van der Waals surface area contributed by atoms with E-state index < -0.39 is 5.82 Å². The molecule has 0 saturated heterocycles. The Labute approximate surface area is 64.3 Å². The Morgan fingerprint density at radius 3 is 2.27 bits per heavy atom. The zero-order valence-corrected chi connectivity index (χ0v) is 6.12. The number of aldehydes is 1. The summed E-state index contributed by atoms with van der Waals surface area (Å²) < 4.78 is 12.4. The number of aliphatic hydroxyl groups excluding tert-OH is 1. The highest BCUT2D eigenvalue weighted by Crippen LogP contribution is 2.01. The molecule has 0 unspecified atom stereocenters. The molecule has 0 amide bonds. The quantitative estimate of drug-likeness (QED) is 0.621. The van der Waals surface area contributed by atoms with Gasteiger partial charge in [0.05, 0.1) is 5.56 Å². The molecule has 11 heavy (non-hydrogen) atoms. The van der Waals surface area contributed by atoms with Crippen LogP contribution in [0.5, 0.6) is 0 Å². The number of hydrogen-bond donors (Lipinski definition) is 1. The monoisotopic (exact) mass is 156 g/mol. The number of halogens is 1. The summed E-state index contributed by atoms with van der Waals surface area (Å²) in [5.74, 6) is -0.465. The van der Waals surface area contributed by atoms with Gasteiger partial charge >= 0.3 is 0 Å². The third kappa shape index (κ3) is 2.91. The smallest absolute Gasteiger partial charge is 0.152 e. The van der Waals surface area contributed by atoms with Gasteiger partial charge in [0.25, 0.3) is 0 Å². The first-order valence-electron chi connectivity index (χ1n) is 2.99. The van der Waals surface area contributed by atoms with E-state index in [0.717, 1.165) is 7.11 Å². The lowest BCUT2D eigenvalue weighted by Crippen LogP contribution is -1.83. The van der Waals surface area contributed by atoms with Crippen molar-refractivity contribution in [2.24, 2.45) is 0 Å². The van der Waals surface area contributed by atoms with Crippen LogP contribution in [0.4, 0.5) is 4.39 Å². The zero-order chi connectivity index (χ0) is 8.69. The summed E-state index contributed by atoms with van der Waals surface area (Å²) in [5, 5.41) is 7.00. The van der Waals surface area contributed by atoms with Gasteiger partial charge in [-0.2, -0.15) is 0 Å². The van der Waals surface area contributed by atoms with Crippen LogP contribution in [0.1, 0.15) is 10.4 Å². The SMILES string of the molecule is CO.O=Cc1ccccc1F. The summed E-state index contributed by atoms with van der Waals surface area (Å²) in [4.78, 5) is 9.99. The Balaban J connectivity index is 0.000000461. The fraction of sp³-hybridized carbons (Fsp3) is 0.125. The standard InChI is InChI=1S/C7H5FO.CH4O/c8-7-4-2-1-3-6(7)5-9;1-2/h1-5H;2H,1H3. The Morgan fingerprint density at radius 2 is 1.91 bits per heavy atom. The average molecular weight is 156 g/mol. The van der Waals surface area contributed by atoms with Gasteiger partial charge in [-0.25, -0.2) is 4.39 Å². The van der Waals surface area contributed by atoms with Crippen LogP contribution in [-0.2, 0) is 0 Å². The van der Waals surface area contributed by atoms with Crippen molar-refractivity contribution in [2.45, 2.75) is 0 Å². The molecular formula is C8H9FO2. The number of carbonyl (C=O) groups is 1. The minimum Gasteiger partial charge on any atom is -0.400 e. The lowest BCUT2D eigenvalue weighted by atomic mass is 10.2. The highest BCUT2D eigenvalue weighted by Gasteiger charge is 1.94. The molecule has 0 saturated carbocycles. The molecule has 2 nitrogen and oxygen atoms in total. The molecule has 1 aromatic rings. The van der Waals surface area contributed by atoms with Crippen LogP contribution < -0.4 is 0 Å². The molecule has 3 heteroatoms. The van der Waals surface area contributed by atoms with Gasteiger partial charge in [0.1, 0.15) is 5.82 Å². The van der Waals surface area contributed by atoms with Crippen LogP contribution in [0.25, 0.3) is 0 Å². The predicted octanol–water partition coefficient (Wildman–Crippen LogP) is 1.25. The molecule has 1 aromatic carbocycles. The zero-order valence-electron chi connectivity index (χ0n) is 6.12. The van der Waals surface area contributed by atoms with Crippen molar-refractivity contribution >= 4 is 6.29 Å². The van der Waals surface area contributed by atoms with Gasteiger partial charge in [0.15, 0.2) is 6.29 Å². The molecule has 0 aromatic heterocycles. The average Bonchev–Trinajstić information content (AvgIpc) is 2.09. The van der Waals surface area contributed by atoms with E-state index in [-0.39, 0.29) is 5.56 Å². The minimum atomic E-state index is -0.465. The molecule has 0 atom stereocenters. The molecule has 0 fully saturated rings. The van der Waals surface area contributed by atoms with Crippen LogP contribution in [0.3, 0.4) is 0 Å². The summed E-state index contributed by atoms with van der Waals surface area (Å²) in [6, 6.07) is 5.85. The first kappa shape index (κ1) is 9.78. The summed E-state index contributed by atoms with van der Waals surface area (Å²) in [7, 11) is 1.00. The number of benzene rings is 1. The summed E-state index contributed by atoms with van der Waals surface area (Å²) in [6.45, 7) is 0. The van der Waals surface area contributed by atoms with Crippen molar-refractivity contribution in [1.29, 1.82) is 0 Å². The summed E-state index contributed by atoms with van der Waals surface area (Å²) >= 11 is 0. The van der Waals surface area contributed by atoms with Crippen LogP contribution in [-0.4, -0.2) is 18.5 Å². The molecule has 1 rings (SSSR count). The van der Waals surface area contributed by atoms with Gasteiger partial charge < -0.3 is 5.11 Å². The third-order valence-electron chi connectivity index (χ3n) is 1.03. The second-order valence-electron chi connectivity index (χ2n) is 1.64. The summed E-state index contributed by atoms with van der Waals surface area (Å²) in [5.41, 5.74) is 0.109. The van der Waals surface area contributed by atoms with Crippen molar-refractivity contribution in [3.63, 3.8) is 0 Å². The van der Waals surface area contributed by atoms with E-state index in [1.54, 1.807) is 12.1 Å². The fourth-order valence-electron chi connectivity index (χ4n) is 0.571. The topological polar surface area (TPSA) is 37.3 Å². The first-order valence-corrected chi connectivity index (χ1v) is 2.99. The number of hydrogen-bond acceptors (Lipinski definition) is 2. The largest absolute Gasteiger partial charge is 0.400 e. The lowest BCUT2D eigenvalue weighted by molar-refractivity contribution is 0.112. The maximum absolute atomic E-state index is 12.4. The van der Waals surface area contributed by atoms with Gasteiger partial charge in [-0.1, -0.05) is 12.1 Å². The molecule has 0 radical (unpaired) electrons. The fourth-order valence-corrected chi connectivity index (χ4v) is 0.571. The highest BCUT2D eigenvalue weighted by atomic mass is 19.1. The summed E-state index contributed by atoms with van der Waals surface area (Å²) in [6.07, 6.45) is 0.495. The molecule has 0 aliphatic carbocycles. The number of aliphatic hydroxyl groups is 1. The van der Waals surface area contributed by atoms with Crippen molar-refractivity contribution in [2.75, 3.05) is 7.11 Å². The van der Waals surface area contributed by atoms with Crippen molar-refractivity contribution in [3.05, 3.63) is 35.6 Å². The van der Waals surface area contributed by atoms with E-state index >= 15 is 0 Å². The Morgan fingerprint density at radius 1 is 1.36 bits per heavy atom. The maximum Gasteiger partial charge on any atom is 0.152 e. The van der Waals surface area contributed by atoms with Crippen LogP contribution in [0, 0.1) is 5.82 Å². The molecular weight excluding hydrogens is 147 g/mol. The van der Waals surface area contributed by atoms with E-state index in [2.05, 4.69) is 0 Å². The van der Waals surface area contributed by atoms with Gasteiger partial charge in [0.2, 0.25) is 0 Å². The van der Waals surface area contributed by atoms with Crippen molar-refractivity contribution in [3.8, 4) is 0 Å². The van der Waals surface area contributed by atoms with Crippen LogP contribution >= 0.6 is 0 Å². The Hall–Kier alpha value is -1.22. The van der Waals surface area contributed by atoms with E-state index in [1.165, 1.54) is 12.1 Å². The third-order valence-corrected chi connectivity index (χ3v) is 1.03. The van der Waals surface area contributed by atoms with Crippen LogP contribution in [0.15, 0.2) is 24.3 Å². The van der Waals surface area contributed by atoms with Gasteiger partial charge in [-0.05, 0) is 12.1 Å². The van der Waals surface area contributed by atoms with Crippen LogP contribution in [0.2, 0.25) is 0 Å². The number of rotatable bonds is 1. The van der Waals surface area contributed by atoms with Crippen molar-refractivity contribution < 1.29 is 14.3 Å². The molecule has 60 valence electrons. The molecule has 0 bridgehead atoms. The lowest BCUT2D eigenvalue weighted by Gasteiger charge is -1.88. The molecule has 0 heterocycles. The van der Waals surface area contributed by atoms with E-state index in [1.807, 2.05) is 0 Å². The second-order valence-corrected chi connectivity index (χ2v) is 1.64. The van der Waals surface area contributed by atoms with Gasteiger partial charge in [0, 0.05) is 7.11 Å². The molecule has 0 spiro atoms. The maximum atomic E-state index is 12.4. The molecule has 1 N–H and O–H groups in total. The van der Waals surface area contributed by atoms with E-state index in [0.29, 0.717) is 6.29 Å². The van der Waals surface area contributed by atoms with Gasteiger partial charge in [-0.3, -0.25) is 4.79 Å². The highest BCUT2D eigenvalue weighted by molar-refractivity contribution is 5.74. The predicted molar refractivity (Wildman–Crippen MR) is 39.9 cm³/mol. The molecule has 0 aliphatic heterocycles. The van der Waals surface area contributed by atoms with E-state index in [4.69, 9.17) is 5.11 Å². The Bertz CT molecular complexity index is 223. The minimum absolute atomic E-state index is 0.109.